The minimum atomic E-state index is -0.883. The van der Waals surface area contributed by atoms with Crippen molar-refractivity contribution in [2.24, 2.45) is 0 Å². The maximum absolute atomic E-state index is 13.7. The number of aryl methyl sites for hydroxylation is 2. The van der Waals surface area contributed by atoms with Crippen molar-refractivity contribution in [2.75, 3.05) is 6.54 Å². The fourth-order valence-electron chi connectivity index (χ4n) is 2.47. The highest BCUT2D eigenvalue weighted by Gasteiger charge is 2.17. The summed E-state index contributed by atoms with van der Waals surface area (Å²) in [5.41, 5.74) is 2.52. The third-order valence-electron chi connectivity index (χ3n) is 3.48. The van der Waals surface area contributed by atoms with Gasteiger partial charge in [-0.2, -0.15) is 0 Å². The normalized spacial score (nSPS) is 12.5. The SMILES string of the molecule is CCNC(c1cc(C)c(F)c(C)c1)c1ccc(F)c(F)c1. The molecule has 1 N–H and O–H groups in total. The third kappa shape index (κ3) is 3.27. The monoisotopic (exact) mass is 293 g/mol. The standard InChI is InChI=1S/C17H18F3N/c1-4-21-17(12-5-6-14(18)15(19)9-12)13-7-10(2)16(20)11(3)8-13/h5-9,17,21H,4H2,1-3H3. The first kappa shape index (κ1) is 15.6. The summed E-state index contributed by atoms with van der Waals surface area (Å²) in [5, 5.41) is 3.22. The van der Waals surface area contributed by atoms with Gasteiger partial charge in [0.1, 0.15) is 5.82 Å². The van der Waals surface area contributed by atoms with Crippen molar-refractivity contribution in [1.82, 2.24) is 5.32 Å². The molecule has 21 heavy (non-hydrogen) atoms. The highest BCUT2D eigenvalue weighted by atomic mass is 19.2. The van der Waals surface area contributed by atoms with E-state index in [9.17, 15) is 13.2 Å². The van der Waals surface area contributed by atoms with E-state index in [0.29, 0.717) is 23.2 Å². The Balaban J connectivity index is 2.50. The Kier molecular flexibility index (Phi) is 4.68. The van der Waals surface area contributed by atoms with E-state index < -0.39 is 11.6 Å². The van der Waals surface area contributed by atoms with Crippen LogP contribution in [-0.4, -0.2) is 6.54 Å². The molecule has 0 aromatic heterocycles. The molecule has 2 aromatic carbocycles. The van der Waals surface area contributed by atoms with Gasteiger partial charge < -0.3 is 5.32 Å². The first-order valence-corrected chi connectivity index (χ1v) is 6.89. The van der Waals surface area contributed by atoms with Crippen LogP contribution in [0.2, 0.25) is 0 Å². The molecule has 0 heterocycles. The van der Waals surface area contributed by atoms with Crippen LogP contribution in [0.3, 0.4) is 0 Å². The molecule has 0 fully saturated rings. The predicted octanol–water partition coefficient (Wildman–Crippen LogP) is 4.42. The second kappa shape index (κ2) is 6.31. The van der Waals surface area contributed by atoms with Crippen molar-refractivity contribution in [2.45, 2.75) is 26.8 Å². The molecular formula is C17H18F3N. The Bertz CT molecular complexity index is 629. The first-order chi connectivity index (χ1) is 9.93. The number of benzene rings is 2. The minimum Gasteiger partial charge on any atom is -0.307 e. The molecule has 2 aromatic rings. The van der Waals surface area contributed by atoms with Crippen LogP contribution in [0.1, 0.15) is 35.2 Å². The van der Waals surface area contributed by atoms with Crippen molar-refractivity contribution in [1.29, 1.82) is 0 Å². The first-order valence-electron chi connectivity index (χ1n) is 6.89. The average Bonchev–Trinajstić information content (AvgIpc) is 2.45. The van der Waals surface area contributed by atoms with E-state index in [1.165, 1.54) is 6.07 Å². The van der Waals surface area contributed by atoms with Crippen LogP contribution in [0.4, 0.5) is 13.2 Å². The zero-order valence-corrected chi connectivity index (χ0v) is 12.3. The molecule has 0 radical (unpaired) electrons. The van der Waals surface area contributed by atoms with Crippen molar-refractivity contribution in [3.8, 4) is 0 Å². The maximum atomic E-state index is 13.7. The zero-order chi connectivity index (χ0) is 15.6. The molecule has 0 saturated heterocycles. The van der Waals surface area contributed by atoms with Gasteiger partial charge in [-0.3, -0.25) is 0 Å². The number of nitrogens with one attached hydrogen (secondary N) is 1. The molecule has 1 atom stereocenters. The lowest BCUT2D eigenvalue weighted by Crippen LogP contribution is -2.22. The maximum Gasteiger partial charge on any atom is 0.159 e. The number of halogens is 3. The second-order valence-electron chi connectivity index (χ2n) is 5.13. The lowest BCUT2D eigenvalue weighted by molar-refractivity contribution is 0.503. The summed E-state index contributed by atoms with van der Waals surface area (Å²) in [4.78, 5) is 0. The van der Waals surface area contributed by atoms with Gasteiger partial charge in [0, 0.05) is 0 Å². The van der Waals surface area contributed by atoms with E-state index in [1.54, 1.807) is 32.0 Å². The van der Waals surface area contributed by atoms with E-state index >= 15 is 0 Å². The Morgan fingerprint density at radius 1 is 0.905 bits per heavy atom. The van der Waals surface area contributed by atoms with Crippen LogP contribution in [0, 0.1) is 31.3 Å². The van der Waals surface area contributed by atoms with Gasteiger partial charge in [0.15, 0.2) is 11.6 Å². The van der Waals surface area contributed by atoms with Crippen molar-refractivity contribution in [3.05, 3.63) is 70.0 Å². The van der Waals surface area contributed by atoms with Gasteiger partial charge >= 0.3 is 0 Å². The molecule has 0 amide bonds. The molecule has 0 spiro atoms. The summed E-state index contributed by atoms with van der Waals surface area (Å²) in [5.74, 6) is -1.99. The van der Waals surface area contributed by atoms with Crippen molar-refractivity contribution in [3.63, 3.8) is 0 Å². The van der Waals surface area contributed by atoms with Gasteiger partial charge in [0.25, 0.3) is 0 Å². The summed E-state index contributed by atoms with van der Waals surface area (Å²) in [7, 11) is 0. The highest BCUT2D eigenvalue weighted by Crippen LogP contribution is 2.26. The van der Waals surface area contributed by atoms with Crippen LogP contribution in [0.25, 0.3) is 0 Å². The Morgan fingerprint density at radius 3 is 2.05 bits per heavy atom. The van der Waals surface area contributed by atoms with E-state index in [0.717, 1.165) is 11.6 Å². The second-order valence-corrected chi connectivity index (χ2v) is 5.13. The summed E-state index contributed by atoms with van der Waals surface area (Å²) < 4.78 is 40.3. The lowest BCUT2D eigenvalue weighted by atomic mass is 9.95. The van der Waals surface area contributed by atoms with Crippen LogP contribution in [0.15, 0.2) is 30.3 Å². The topological polar surface area (TPSA) is 12.0 Å². The van der Waals surface area contributed by atoms with Crippen LogP contribution < -0.4 is 5.32 Å². The number of hydrogen-bond donors (Lipinski definition) is 1. The molecule has 0 aliphatic carbocycles. The summed E-state index contributed by atoms with van der Waals surface area (Å²) in [6, 6.07) is 6.99. The fourth-order valence-corrected chi connectivity index (χ4v) is 2.47. The van der Waals surface area contributed by atoms with Gasteiger partial charge in [-0.1, -0.05) is 25.1 Å². The Morgan fingerprint density at radius 2 is 1.52 bits per heavy atom. The van der Waals surface area contributed by atoms with Crippen LogP contribution >= 0.6 is 0 Å². The summed E-state index contributed by atoms with van der Waals surface area (Å²) >= 11 is 0. The molecular weight excluding hydrogens is 275 g/mol. The van der Waals surface area contributed by atoms with Gasteiger partial charge in [-0.05, 0) is 54.8 Å². The largest absolute Gasteiger partial charge is 0.307 e. The fraction of sp³-hybridized carbons (Fsp3) is 0.294. The van der Waals surface area contributed by atoms with Gasteiger partial charge in [0.2, 0.25) is 0 Å². The van der Waals surface area contributed by atoms with E-state index in [1.807, 2.05) is 6.92 Å². The van der Waals surface area contributed by atoms with E-state index in [-0.39, 0.29) is 11.9 Å². The van der Waals surface area contributed by atoms with E-state index in [2.05, 4.69) is 5.32 Å². The van der Waals surface area contributed by atoms with Crippen molar-refractivity contribution < 1.29 is 13.2 Å². The van der Waals surface area contributed by atoms with Crippen molar-refractivity contribution >= 4 is 0 Å². The predicted molar refractivity (Wildman–Crippen MR) is 77.8 cm³/mol. The van der Waals surface area contributed by atoms with Gasteiger partial charge in [0.05, 0.1) is 6.04 Å². The molecule has 2 rings (SSSR count). The molecule has 0 saturated carbocycles. The summed E-state index contributed by atoms with van der Waals surface area (Å²) in [6.45, 7) is 5.97. The molecule has 1 unspecified atom stereocenters. The minimum absolute atomic E-state index is 0.237. The van der Waals surface area contributed by atoms with Gasteiger partial charge in [-0.25, -0.2) is 13.2 Å². The molecule has 4 heteroatoms. The Hall–Kier alpha value is -1.81. The average molecular weight is 293 g/mol. The lowest BCUT2D eigenvalue weighted by Gasteiger charge is -2.20. The van der Waals surface area contributed by atoms with Gasteiger partial charge in [-0.15, -0.1) is 0 Å². The van der Waals surface area contributed by atoms with E-state index in [4.69, 9.17) is 0 Å². The summed E-state index contributed by atoms with van der Waals surface area (Å²) in [6.07, 6.45) is 0. The molecule has 0 bridgehead atoms. The third-order valence-corrected chi connectivity index (χ3v) is 3.48. The Labute approximate surface area is 122 Å². The molecule has 0 aliphatic rings. The molecule has 0 aliphatic heterocycles. The highest BCUT2D eigenvalue weighted by molar-refractivity contribution is 5.38. The zero-order valence-electron chi connectivity index (χ0n) is 12.3. The molecule has 1 nitrogen and oxygen atoms in total. The molecule has 112 valence electrons. The van der Waals surface area contributed by atoms with Crippen LogP contribution in [-0.2, 0) is 0 Å². The smallest absolute Gasteiger partial charge is 0.159 e. The number of hydrogen-bond acceptors (Lipinski definition) is 1. The number of rotatable bonds is 4. The van der Waals surface area contributed by atoms with Crippen LogP contribution in [0.5, 0.6) is 0 Å². The quantitative estimate of drug-likeness (QED) is 0.880.